The summed E-state index contributed by atoms with van der Waals surface area (Å²) in [6.07, 6.45) is 1.15. The van der Waals surface area contributed by atoms with Crippen molar-refractivity contribution in [1.29, 1.82) is 0 Å². The molecule has 174 valence electrons. The zero-order chi connectivity index (χ0) is 23.7. The highest BCUT2D eigenvalue weighted by atomic mass is 16.5. The van der Waals surface area contributed by atoms with Gasteiger partial charge in [0.2, 0.25) is 0 Å². The Morgan fingerprint density at radius 1 is 0.765 bits per heavy atom. The van der Waals surface area contributed by atoms with Gasteiger partial charge < -0.3 is 24.8 Å². The molecule has 2 N–H and O–H groups in total. The van der Waals surface area contributed by atoms with Crippen LogP contribution in [0.2, 0.25) is 0 Å². The quantitative estimate of drug-likeness (QED) is 0.514. The third kappa shape index (κ3) is 3.96. The van der Waals surface area contributed by atoms with Gasteiger partial charge in [0.15, 0.2) is 17.3 Å². The molecule has 5 rings (SSSR count). The number of benzene rings is 3. The molecule has 3 aromatic carbocycles. The van der Waals surface area contributed by atoms with Crippen molar-refractivity contribution < 1.29 is 19.0 Å². The molecule has 6 nitrogen and oxygen atoms in total. The Bertz CT molecular complexity index is 1250. The number of allylic oxidation sites excluding steroid dienone is 1. The number of methoxy groups -OCH3 is 3. The number of hydrogen-bond donors (Lipinski definition) is 2. The van der Waals surface area contributed by atoms with E-state index in [2.05, 4.69) is 10.6 Å². The van der Waals surface area contributed by atoms with E-state index >= 15 is 0 Å². The summed E-state index contributed by atoms with van der Waals surface area (Å²) in [7, 11) is 4.90. The molecule has 0 spiro atoms. The van der Waals surface area contributed by atoms with E-state index in [1.54, 1.807) is 21.3 Å². The second-order valence-electron chi connectivity index (χ2n) is 8.56. The van der Waals surface area contributed by atoms with Gasteiger partial charge in [0.25, 0.3) is 0 Å². The van der Waals surface area contributed by atoms with Gasteiger partial charge in [0.05, 0.1) is 38.7 Å². The fourth-order valence-corrected chi connectivity index (χ4v) is 4.88. The Balaban J connectivity index is 1.56. The molecule has 2 aliphatic rings. The first-order valence-corrected chi connectivity index (χ1v) is 11.4. The second kappa shape index (κ2) is 9.14. The first-order chi connectivity index (χ1) is 16.6. The molecule has 0 fully saturated rings. The average molecular weight is 457 g/mol. The SMILES string of the molecule is COc1ccc([C@@H]2Nc3ccccc3NC3=C2C(=O)C[C@@H](c2ccc(OC)c(OC)c2)C3)cc1. The summed E-state index contributed by atoms with van der Waals surface area (Å²) < 4.78 is 16.2. The minimum Gasteiger partial charge on any atom is -0.497 e. The van der Waals surface area contributed by atoms with Gasteiger partial charge in [-0.15, -0.1) is 0 Å². The number of rotatable bonds is 5. The summed E-state index contributed by atoms with van der Waals surface area (Å²) in [4.78, 5) is 13.7. The van der Waals surface area contributed by atoms with Crippen molar-refractivity contribution in [3.8, 4) is 17.2 Å². The summed E-state index contributed by atoms with van der Waals surface area (Å²) >= 11 is 0. The minimum absolute atomic E-state index is 0.0420. The van der Waals surface area contributed by atoms with Crippen LogP contribution in [-0.4, -0.2) is 27.1 Å². The molecule has 1 aliphatic heterocycles. The number of carbonyl (C=O) groups is 1. The molecule has 6 heteroatoms. The molecule has 2 atom stereocenters. The van der Waals surface area contributed by atoms with Crippen molar-refractivity contribution in [2.75, 3.05) is 32.0 Å². The Hall–Kier alpha value is -3.93. The summed E-state index contributed by atoms with van der Waals surface area (Å²) in [6, 6.07) is 21.6. The van der Waals surface area contributed by atoms with Crippen LogP contribution < -0.4 is 24.8 Å². The van der Waals surface area contributed by atoms with Crippen LogP contribution in [0.4, 0.5) is 11.4 Å². The number of hydrogen-bond acceptors (Lipinski definition) is 6. The molecule has 1 aliphatic carbocycles. The van der Waals surface area contributed by atoms with Crippen LogP contribution in [-0.2, 0) is 4.79 Å². The Morgan fingerprint density at radius 3 is 2.18 bits per heavy atom. The van der Waals surface area contributed by atoms with E-state index in [-0.39, 0.29) is 17.7 Å². The molecule has 0 radical (unpaired) electrons. The number of para-hydroxylation sites is 2. The molecule has 0 saturated carbocycles. The molecule has 3 aromatic rings. The van der Waals surface area contributed by atoms with Gasteiger partial charge in [-0.2, -0.15) is 0 Å². The minimum atomic E-state index is -0.254. The molecule has 0 bridgehead atoms. The number of anilines is 2. The lowest BCUT2D eigenvalue weighted by molar-refractivity contribution is -0.116. The molecule has 1 heterocycles. The van der Waals surface area contributed by atoms with Crippen LogP contribution in [0, 0.1) is 0 Å². The van der Waals surface area contributed by atoms with Gasteiger partial charge in [-0.25, -0.2) is 0 Å². The van der Waals surface area contributed by atoms with Gasteiger partial charge in [-0.05, 0) is 59.9 Å². The number of nitrogens with one attached hydrogen (secondary N) is 2. The van der Waals surface area contributed by atoms with E-state index < -0.39 is 0 Å². The fourth-order valence-electron chi connectivity index (χ4n) is 4.88. The summed E-state index contributed by atoms with van der Waals surface area (Å²) in [6.45, 7) is 0. The highest BCUT2D eigenvalue weighted by molar-refractivity contribution is 6.01. The topological polar surface area (TPSA) is 68.8 Å². The van der Waals surface area contributed by atoms with Crippen LogP contribution in [0.3, 0.4) is 0 Å². The summed E-state index contributed by atoms with van der Waals surface area (Å²) in [5, 5.41) is 7.19. The normalized spacial score (nSPS) is 19.2. The predicted molar refractivity (Wildman–Crippen MR) is 133 cm³/mol. The fraction of sp³-hybridized carbons (Fsp3) is 0.250. The molecular formula is C28H28N2O4. The number of ether oxygens (including phenoxy) is 3. The average Bonchev–Trinajstić information content (AvgIpc) is 3.05. The van der Waals surface area contributed by atoms with E-state index in [9.17, 15) is 4.79 Å². The van der Waals surface area contributed by atoms with Crippen molar-refractivity contribution in [2.45, 2.75) is 24.8 Å². The lowest BCUT2D eigenvalue weighted by Gasteiger charge is -2.30. The smallest absolute Gasteiger partial charge is 0.163 e. The number of fused-ring (bicyclic) bond motifs is 1. The summed E-state index contributed by atoms with van der Waals surface area (Å²) in [5.74, 6) is 2.31. The lowest BCUT2D eigenvalue weighted by Crippen LogP contribution is -2.26. The van der Waals surface area contributed by atoms with Crippen molar-refractivity contribution in [3.05, 3.63) is 89.1 Å². The first-order valence-electron chi connectivity index (χ1n) is 11.4. The van der Waals surface area contributed by atoms with Crippen LogP contribution in [0.5, 0.6) is 17.2 Å². The highest BCUT2D eigenvalue weighted by Gasteiger charge is 2.36. The molecular weight excluding hydrogens is 428 g/mol. The standard InChI is InChI=1S/C28H28N2O4/c1-32-20-11-8-17(9-12-20)28-27-23(29-21-6-4-5-7-22(21)30-28)14-19(15-24(27)31)18-10-13-25(33-2)26(16-18)34-3/h4-13,16,19,28-30H,14-15H2,1-3H3/t19-,28-/m0/s1. The van der Waals surface area contributed by atoms with Crippen LogP contribution in [0.15, 0.2) is 78.0 Å². The van der Waals surface area contributed by atoms with Gasteiger partial charge in [-0.1, -0.05) is 30.3 Å². The first kappa shape index (κ1) is 21.9. The van der Waals surface area contributed by atoms with E-state index in [4.69, 9.17) is 14.2 Å². The van der Waals surface area contributed by atoms with E-state index in [0.29, 0.717) is 17.9 Å². The molecule has 0 unspecified atom stereocenters. The van der Waals surface area contributed by atoms with E-state index in [1.165, 1.54) is 0 Å². The van der Waals surface area contributed by atoms with Crippen LogP contribution >= 0.6 is 0 Å². The van der Waals surface area contributed by atoms with Crippen molar-refractivity contribution in [3.63, 3.8) is 0 Å². The lowest BCUT2D eigenvalue weighted by atomic mass is 9.78. The van der Waals surface area contributed by atoms with Crippen molar-refractivity contribution in [1.82, 2.24) is 0 Å². The monoisotopic (exact) mass is 456 g/mol. The predicted octanol–water partition coefficient (Wildman–Crippen LogP) is 5.69. The number of carbonyl (C=O) groups excluding carboxylic acids is 1. The van der Waals surface area contributed by atoms with E-state index in [1.807, 2.05) is 66.7 Å². The third-order valence-corrected chi connectivity index (χ3v) is 6.64. The summed E-state index contributed by atoms with van der Waals surface area (Å²) in [5.41, 5.74) is 5.75. The van der Waals surface area contributed by atoms with Gasteiger partial charge in [-0.3, -0.25) is 4.79 Å². The largest absolute Gasteiger partial charge is 0.497 e. The number of Topliss-reactive ketones (excluding diaryl/α,β-unsaturated/α-hetero) is 1. The van der Waals surface area contributed by atoms with Crippen LogP contribution in [0.1, 0.15) is 35.9 Å². The van der Waals surface area contributed by atoms with E-state index in [0.717, 1.165) is 45.9 Å². The molecule has 0 aromatic heterocycles. The highest BCUT2D eigenvalue weighted by Crippen LogP contribution is 2.45. The maximum atomic E-state index is 13.7. The molecule has 0 amide bonds. The Kier molecular flexibility index (Phi) is 5.88. The maximum absolute atomic E-state index is 13.7. The van der Waals surface area contributed by atoms with Gasteiger partial charge >= 0.3 is 0 Å². The molecule has 34 heavy (non-hydrogen) atoms. The second-order valence-corrected chi connectivity index (χ2v) is 8.56. The zero-order valence-corrected chi connectivity index (χ0v) is 19.6. The van der Waals surface area contributed by atoms with Gasteiger partial charge in [0, 0.05) is 17.7 Å². The zero-order valence-electron chi connectivity index (χ0n) is 19.6. The maximum Gasteiger partial charge on any atom is 0.163 e. The van der Waals surface area contributed by atoms with Crippen molar-refractivity contribution >= 4 is 17.2 Å². The van der Waals surface area contributed by atoms with Crippen molar-refractivity contribution in [2.24, 2.45) is 0 Å². The van der Waals surface area contributed by atoms with Crippen LogP contribution in [0.25, 0.3) is 0 Å². The molecule has 0 saturated heterocycles. The van der Waals surface area contributed by atoms with Gasteiger partial charge in [0.1, 0.15) is 5.75 Å². The Morgan fingerprint density at radius 2 is 1.47 bits per heavy atom. The Labute approximate surface area is 199 Å². The third-order valence-electron chi connectivity index (χ3n) is 6.64. The number of ketones is 1.